The number of anilines is 2. The van der Waals surface area contributed by atoms with Gasteiger partial charge in [-0.1, -0.05) is 12.8 Å². The molecule has 1 aliphatic carbocycles. The predicted octanol–water partition coefficient (Wildman–Crippen LogP) is 2.23. The van der Waals surface area contributed by atoms with Crippen LogP contribution in [0.15, 0.2) is 46.2 Å². The number of hydrogen-bond acceptors (Lipinski definition) is 7. The quantitative estimate of drug-likeness (QED) is 0.212. The van der Waals surface area contributed by atoms with Gasteiger partial charge in [0, 0.05) is 31.6 Å². The Bertz CT molecular complexity index is 1170. The molecule has 1 aromatic carbocycles. The highest BCUT2D eigenvalue weighted by molar-refractivity contribution is 7.89. The first-order valence-corrected chi connectivity index (χ1v) is 12.2. The van der Waals surface area contributed by atoms with Crippen molar-refractivity contribution >= 4 is 27.2 Å². The largest absolute Gasteiger partial charge is 0.383 e. The third-order valence-electron chi connectivity index (χ3n) is 5.52. The number of sulfonamides is 1. The van der Waals surface area contributed by atoms with Crippen LogP contribution in [0.5, 0.6) is 0 Å². The summed E-state index contributed by atoms with van der Waals surface area (Å²) in [5.41, 5.74) is 0.614. The molecule has 0 bridgehead atoms. The maximum absolute atomic E-state index is 12.5. The third kappa shape index (κ3) is 6.19. The summed E-state index contributed by atoms with van der Waals surface area (Å²) >= 11 is 0. The summed E-state index contributed by atoms with van der Waals surface area (Å²) in [6.07, 6.45) is 5.13. The lowest BCUT2D eigenvalue weighted by atomic mass is 9.85. The Hall–Kier alpha value is -3.20. The fourth-order valence-corrected chi connectivity index (χ4v) is 4.80. The van der Waals surface area contributed by atoms with Crippen molar-refractivity contribution < 1.29 is 13.2 Å². The van der Waals surface area contributed by atoms with Gasteiger partial charge < -0.3 is 20.4 Å². The Morgan fingerprint density at radius 1 is 1.24 bits per heavy atom. The minimum absolute atomic E-state index is 0.0791. The van der Waals surface area contributed by atoms with E-state index in [0.717, 1.165) is 25.7 Å². The van der Waals surface area contributed by atoms with Crippen molar-refractivity contribution in [1.29, 1.82) is 10.7 Å². The topological polar surface area (TPSA) is 160 Å². The maximum Gasteiger partial charge on any atom is 0.261 e. The van der Waals surface area contributed by atoms with E-state index in [0.29, 0.717) is 11.4 Å². The molecule has 0 amide bonds. The Labute approximate surface area is 192 Å². The van der Waals surface area contributed by atoms with Gasteiger partial charge in [-0.15, -0.1) is 0 Å². The summed E-state index contributed by atoms with van der Waals surface area (Å²) < 4.78 is 31.9. The molecule has 11 heteroatoms. The van der Waals surface area contributed by atoms with Crippen LogP contribution in [-0.4, -0.2) is 45.5 Å². The molecule has 1 fully saturated rings. The lowest BCUT2D eigenvalue weighted by Gasteiger charge is -2.29. The highest BCUT2D eigenvalue weighted by Crippen LogP contribution is 2.27. The average Bonchev–Trinajstić information content (AvgIpc) is 2.80. The van der Waals surface area contributed by atoms with Crippen LogP contribution < -0.4 is 20.9 Å². The van der Waals surface area contributed by atoms with E-state index in [9.17, 15) is 18.5 Å². The number of nitrogens with one attached hydrogen (secondary N) is 5. The van der Waals surface area contributed by atoms with Crippen LogP contribution in [0.2, 0.25) is 0 Å². The molecule has 0 unspecified atom stereocenters. The van der Waals surface area contributed by atoms with E-state index in [-0.39, 0.29) is 41.4 Å². The van der Waals surface area contributed by atoms with Crippen LogP contribution in [0.25, 0.3) is 0 Å². The molecule has 3 rings (SSSR count). The summed E-state index contributed by atoms with van der Waals surface area (Å²) in [6, 6.07) is 9.80. The van der Waals surface area contributed by atoms with Crippen LogP contribution >= 0.6 is 0 Å². The Balaban J connectivity index is 1.75. The molecule has 176 valence electrons. The Morgan fingerprint density at radius 3 is 2.67 bits per heavy atom. The van der Waals surface area contributed by atoms with E-state index in [1.54, 1.807) is 6.07 Å². The standard InChI is InChI=1S/C22H28N6O4S/c1-32-13-12-26-33(30,31)17-8-6-16(7-9-17)27-21(24)20-19(10-11-25-22(20)29)28-18-5-3-2-4-15(18)14-23/h6-11,15,18,26H,2-5,12-13H2,1H3,(H2,24,27)(H2,25,28,29)/t15-,18+/m1/s1. The van der Waals surface area contributed by atoms with Gasteiger partial charge in [0.05, 0.1) is 29.2 Å². The number of benzene rings is 1. The number of pyridine rings is 1. The lowest BCUT2D eigenvalue weighted by molar-refractivity contribution is 0.204. The van der Waals surface area contributed by atoms with Gasteiger partial charge in [-0.3, -0.25) is 10.2 Å². The van der Waals surface area contributed by atoms with Gasteiger partial charge in [0.25, 0.3) is 5.56 Å². The zero-order valence-corrected chi connectivity index (χ0v) is 19.2. The molecule has 0 radical (unpaired) electrons. The molecule has 33 heavy (non-hydrogen) atoms. The van der Waals surface area contributed by atoms with Gasteiger partial charge in [0.1, 0.15) is 11.4 Å². The highest BCUT2D eigenvalue weighted by Gasteiger charge is 2.26. The number of methoxy groups -OCH3 is 1. The smallest absolute Gasteiger partial charge is 0.261 e. The van der Waals surface area contributed by atoms with Crippen LogP contribution in [0, 0.1) is 22.7 Å². The number of nitriles is 1. The molecule has 1 aliphatic rings. The van der Waals surface area contributed by atoms with E-state index in [4.69, 9.17) is 10.1 Å². The molecule has 0 spiro atoms. The van der Waals surface area contributed by atoms with E-state index in [2.05, 4.69) is 26.4 Å². The summed E-state index contributed by atoms with van der Waals surface area (Å²) in [5.74, 6) is -0.294. The van der Waals surface area contributed by atoms with E-state index >= 15 is 0 Å². The van der Waals surface area contributed by atoms with Gasteiger partial charge in [-0.25, -0.2) is 13.1 Å². The van der Waals surface area contributed by atoms with Crippen molar-refractivity contribution in [2.24, 2.45) is 5.92 Å². The normalized spacial score (nSPS) is 18.3. The van der Waals surface area contributed by atoms with Crippen LogP contribution in [0.3, 0.4) is 0 Å². The number of hydrogen-bond donors (Lipinski definition) is 5. The third-order valence-corrected chi connectivity index (χ3v) is 6.99. The Kier molecular flexibility index (Phi) is 8.21. The van der Waals surface area contributed by atoms with Crippen molar-refractivity contribution in [3.63, 3.8) is 0 Å². The number of rotatable bonds is 9. The number of aromatic nitrogens is 1. The predicted molar refractivity (Wildman–Crippen MR) is 126 cm³/mol. The van der Waals surface area contributed by atoms with Crippen LogP contribution in [0.1, 0.15) is 31.2 Å². The molecule has 1 heterocycles. The molecular formula is C22H28N6O4S. The van der Waals surface area contributed by atoms with Gasteiger partial charge in [0.2, 0.25) is 10.0 Å². The molecule has 0 saturated heterocycles. The van der Waals surface area contributed by atoms with Gasteiger partial charge in [-0.2, -0.15) is 5.26 Å². The second-order valence-electron chi connectivity index (χ2n) is 7.78. The fourth-order valence-electron chi connectivity index (χ4n) is 3.79. The monoisotopic (exact) mass is 472 g/mol. The van der Waals surface area contributed by atoms with Crippen LogP contribution in [-0.2, 0) is 14.8 Å². The molecule has 10 nitrogen and oxygen atoms in total. The fraction of sp³-hybridized carbons (Fsp3) is 0.409. The first kappa shape index (κ1) is 24.4. The molecule has 5 N–H and O–H groups in total. The van der Waals surface area contributed by atoms with Crippen molar-refractivity contribution in [3.8, 4) is 6.07 Å². The first-order chi connectivity index (χ1) is 15.9. The second kappa shape index (κ2) is 11.1. The molecule has 2 aromatic rings. The van der Waals surface area contributed by atoms with Crippen LogP contribution in [0.4, 0.5) is 11.4 Å². The number of amidine groups is 1. The Morgan fingerprint density at radius 2 is 1.97 bits per heavy atom. The summed E-state index contributed by atoms with van der Waals surface area (Å²) in [6.45, 7) is 0.414. The van der Waals surface area contributed by atoms with Crippen molar-refractivity contribution in [2.75, 3.05) is 30.9 Å². The number of nitrogens with zero attached hydrogens (tertiary/aromatic N) is 1. The summed E-state index contributed by atoms with van der Waals surface area (Å²) in [5, 5.41) is 24.1. The summed E-state index contributed by atoms with van der Waals surface area (Å²) in [4.78, 5) is 15.2. The molecule has 1 saturated carbocycles. The van der Waals surface area contributed by atoms with E-state index in [1.165, 1.54) is 37.6 Å². The zero-order chi connectivity index (χ0) is 23.8. The van der Waals surface area contributed by atoms with E-state index in [1.807, 2.05) is 0 Å². The number of ether oxygens (including phenoxy) is 1. The molecule has 0 aliphatic heterocycles. The zero-order valence-electron chi connectivity index (χ0n) is 18.3. The minimum atomic E-state index is -3.67. The minimum Gasteiger partial charge on any atom is -0.383 e. The van der Waals surface area contributed by atoms with Gasteiger partial charge >= 0.3 is 0 Å². The van der Waals surface area contributed by atoms with Gasteiger partial charge in [-0.05, 0) is 43.2 Å². The number of H-pyrrole nitrogens is 1. The van der Waals surface area contributed by atoms with Crippen molar-refractivity contribution in [2.45, 2.75) is 36.6 Å². The summed E-state index contributed by atoms with van der Waals surface area (Å²) in [7, 11) is -2.18. The van der Waals surface area contributed by atoms with Crippen molar-refractivity contribution in [3.05, 3.63) is 52.4 Å². The maximum atomic E-state index is 12.5. The SMILES string of the molecule is COCCNS(=O)(=O)c1ccc(NC(=N)c2c(N[C@H]3CCCC[C@@H]3C#N)cc[nH]c2=O)cc1. The van der Waals surface area contributed by atoms with E-state index < -0.39 is 15.6 Å². The van der Waals surface area contributed by atoms with Crippen molar-refractivity contribution in [1.82, 2.24) is 9.71 Å². The molecular weight excluding hydrogens is 444 g/mol. The number of aromatic amines is 1. The molecule has 2 atom stereocenters. The highest BCUT2D eigenvalue weighted by atomic mass is 32.2. The average molecular weight is 473 g/mol. The molecule has 1 aromatic heterocycles. The first-order valence-electron chi connectivity index (χ1n) is 10.7. The lowest BCUT2D eigenvalue weighted by Crippen LogP contribution is -2.34. The second-order valence-corrected chi connectivity index (χ2v) is 9.55. The van der Waals surface area contributed by atoms with Gasteiger partial charge in [0.15, 0.2) is 0 Å².